The molecule has 122 valence electrons. The predicted octanol–water partition coefficient (Wildman–Crippen LogP) is 1.64. The number of aliphatic hydroxyl groups excluding tert-OH is 1. The first-order valence-corrected chi connectivity index (χ1v) is 8.56. The normalized spacial score (nSPS) is 27.3. The Morgan fingerprint density at radius 1 is 1.14 bits per heavy atom. The molecule has 22 heavy (non-hydrogen) atoms. The lowest BCUT2D eigenvalue weighted by Crippen LogP contribution is -2.39. The minimum absolute atomic E-state index is 0.182. The molecule has 1 aromatic rings. The Morgan fingerprint density at radius 2 is 1.91 bits per heavy atom. The summed E-state index contributed by atoms with van der Waals surface area (Å²) in [7, 11) is 0. The number of ether oxygens (including phenoxy) is 1. The summed E-state index contributed by atoms with van der Waals surface area (Å²) in [5.74, 6) is 0.752. The van der Waals surface area contributed by atoms with Crippen molar-refractivity contribution >= 4 is 0 Å². The van der Waals surface area contributed by atoms with Crippen LogP contribution in [0.25, 0.3) is 0 Å². The Kier molecular flexibility index (Phi) is 5.84. The fourth-order valence-electron chi connectivity index (χ4n) is 3.59. The maximum atomic E-state index is 10.0. The largest absolute Gasteiger partial charge is 0.392 e. The number of nitrogens with zero attached hydrogens (tertiary/aromatic N) is 1. The lowest BCUT2D eigenvalue weighted by Gasteiger charge is -2.27. The van der Waals surface area contributed by atoms with Crippen LogP contribution in [0.4, 0.5) is 0 Å². The summed E-state index contributed by atoms with van der Waals surface area (Å²) < 4.78 is 5.41. The van der Waals surface area contributed by atoms with Crippen molar-refractivity contribution in [2.75, 3.05) is 32.8 Å². The van der Waals surface area contributed by atoms with Crippen LogP contribution in [0, 0.1) is 5.92 Å². The third kappa shape index (κ3) is 4.53. The topological polar surface area (TPSA) is 44.7 Å². The number of nitrogens with one attached hydrogen (secondary N) is 1. The second-order valence-corrected chi connectivity index (χ2v) is 6.67. The summed E-state index contributed by atoms with van der Waals surface area (Å²) >= 11 is 0. The number of benzene rings is 1. The highest BCUT2D eigenvalue weighted by molar-refractivity contribution is 5.15. The highest BCUT2D eigenvalue weighted by Gasteiger charge is 2.30. The van der Waals surface area contributed by atoms with Crippen molar-refractivity contribution in [3.05, 3.63) is 35.9 Å². The average molecular weight is 304 g/mol. The number of likely N-dealkylation sites (tertiary alicyclic amines) is 1. The molecule has 3 rings (SSSR count). The molecule has 2 N–H and O–H groups in total. The smallest absolute Gasteiger partial charge is 0.0682 e. The van der Waals surface area contributed by atoms with Crippen molar-refractivity contribution in [3.63, 3.8) is 0 Å². The third-order valence-corrected chi connectivity index (χ3v) is 4.89. The number of hydrogen-bond donors (Lipinski definition) is 2. The quantitative estimate of drug-likeness (QED) is 0.838. The lowest BCUT2D eigenvalue weighted by atomic mass is 10.0. The molecule has 0 aromatic heterocycles. The van der Waals surface area contributed by atoms with Crippen LogP contribution in [0.3, 0.4) is 0 Å². The summed E-state index contributed by atoms with van der Waals surface area (Å²) in [6, 6.07) is 11.0. The van der Waals surface area contributed by atoms with Gasteiger partial charge in [-0.3, -0.25) is 4.90 Å². The Balaban J connectivity index is 1.46. The molecule has 2 fully saturated rings. The van der Waals surface area contributed by atoms with Gasteiger partial charge in [-0.25, -0.2) is 0 Å². The number of aliphatic hydroxyl groups is 1. The van der Waals surface area contributed by atoms with E-state index >= 15 is 0 Å². The van der Waals surface area contributed by atoms with Gasteiger partial charge in [0.05, 0.1) is 6.10 Å². The Bertz CT molecular complexity index is 434. The molecule has 2 saturated heterocycles. The number of hydrogen-bond acceptors (Lipinski definition) is 4. The van der Waals surface area contributed by atoms with E-state index in [1.165, 1.54) is 18.4 Å². The number of β-amino-alcohol motifs (C(OH)–C–C–N with tert-alkyl or cyclic N) is 1. The van der Waals surface area contributed by atoms with Gasteiger partial charge in [-0.1, -0.05) is 30.3 Å². The lowest BCUT2D eigenvalue weighted by molar-refractivity contribution is 0.0657. The van der Waals surface area contributed by atoms with Crippen LogP contribution < -0.4 is 5.32 Å². The minimum Gasteiger partial charge on any atom is -0.392 e. The SMILES string of the molecule is OC1CC(CNCC2CCOCC2)N(Cc2ccccc2)C1. The van der Waals surface area contributed by atoms with Gasteiger partial charge >= 0.3 is 0 Å². The molecule has 2 aliphatic rings. The molecule has 2 unspecified atom stereocenters. The molecule has 4 nitrogen and oxygen atoms in total. The van der Waals surface area contributed by atoms with Gasteiger partial charge in [0.1, 0.15) is 0 Å². The molecule has 1 aromatic carbocycles. The van der Waals surface area contributed by atoms with Gasteiger partial charge in [0.2, 0.25) is 0 Å². The van der Waals surface area contributed by atoms with Gasteiger partial charge < -0.3 is 15.2 Å². The highest BCUT2D eigenvalue weighted by atomic mass is 16.5. The van der Waals surface area contributed by atoms with Crippen molar-refractivity contribution in [1.29, 1.82) is 0 Å². The van der Waals surface area contributed by atoms with E-state index in [1.54, 1.807) is 0 Å². The fourth-order valence-corrected chi connectivity index (χ4v) is 3.59. The summed E-state index contributed by atoms with van der Waals surface area (Å²) in [6.45, 7) is 5.60. The first kappa shape index (κ1) is 15.9. The van der Waals surface area contributed by atoms with Crippen LogP contribution in [0.2, 0.25) is 0 Å². The van der Waals surface area contributed by atoms with Gasteiger partial charge in [-0.15, -0.1) is 0 Å². The van der Waals surface area contributed by atoms with Gasteiger partial charge in [0.15, 0.2) is 0 Å². The molecule has 2 atom stereocenters. The maximum absolute atomic E-state index is 10.0. The van der Waals surface area contributed by atoms with E-state index in [9.17, 15) is 5.11 Å². The van der Waals surface area contributed by atoms with Crippen molar-refractivity contribution in [1.82, 2.24) is 10.2 Å². The summed E-state index contributed by atoms with van der Waals surface area (Å²) in [5.41, 5.74) is 1.33. The summed E-state index contributed by atoms with van der Waals surface area (Å²) in [5, 5.41) is 13.6. The second-order valence-electron chi connectivity index (χ2n) is 6.67. The molecule has 0 aliphatic carbocycles. The molecular formula is C18H28N2O2. The highest BCUT2D eigenvalue weighted by Crippen LogP contribution is 2.20. The van der Waals surface area contributed by atoms with Crippen LogP contribution in [-0.4, -0.2) is 55.0 Å². The molecule has 0 spiro atoms. The van der Waals surface area contributed by atoms with E-state index in [-0.39, 0.29) is 6.10 Å². The first-order chi connectivity index (χ1) is 10.8. The molecule has 2 heterocycles. The zero-order valence-corrected chi connectivity index (χ0v) is 13.3. The van der Waals surface area contributed by atoms with E-state index < -0.39 is 0 Å². The Labute approximate surface area is 133 Å². The van der Waals surface area contributed by atoms with Crippen molar-refractivity contribution in [3.8, 4) is 0 Å². The summed E-state index contributed by atoms with van der Waals surface area (Å²) in [4.78, 5) is 2.41. The van der Waals surface area contributed by atoms with Gasteiger partial charge in [-0.05, 0) is 37.3 Å². The second kappa shape index (κ2) is 8.06. The van der Waals surface area contributed by atoms with E-state index in [0.29, 0.717) is 6.04 Å². The number of rotatable bonds is 6. The predicted molar refractivity (Wildman–Crippen MR) is 87.7 cm³/mol. The Morgan fingerprint density at radius 3 is 2.68 bits per heavy atom. The summed E-state index contributed by atoms with van der Waals surface area (Å²) in [6.07, 6.45) is 3.05. The fraction of sp³-hybridized carbons (Fsp3) is 0.667. The molecule has 0 radical (unpaired) electrons. The van der Waals surface area contributed by atoms with Crippen LogP contribution in [0.15, 0.2) is 30.3 Å². The van der Waals surface area contributed by atoms with Gasteiger partial charge in [-0.2, -0.15) is 0 Å². The van der Waals surface area contributed by atoms with Crippen LogP contribution in [-0.2, 0) is 11.3 Å². The molecule has 0 amide bonds. The Hall–Kier alpha value is -0.940. The minimum atomic E-state index is -0.182. The molecule has 0 saturated carbocycles. The van der Waals surface area contributed by atoms with E-state index in [2.05, 4.69) is 40.5 Å². The van der Waals surface area contributed by atoms with Crippen LogP contribution in [0.5, 0.6) is 0 Å². The molecule has 4 heteroatoms. The van der Waals surface area contributed by atoms with Crippen molar-refractivity contribution in [2.24, 2.45) is 5.92 Å². The van der Waals surface area contributed by atoms with E-state index in [4.69, 9.17) is 4.74 Å². The zero-order chi connectivity index (χ0) is 15.2. The van der Waals surface area contributed by atoms with Crippen LogP contribution >= 0.6 is 0 Å². The zero-order valence-electron chi connectivity index (χ0n) is 13.3. The first-order valence-electron chi connectivity index (χ1n) is 8.56. The van der Waals surface area contributed by atoms with Crippen molar-refractivity contribution in [2.45, 2.75) is 38.0 Å². The van der Waals surface area contributed by atoms with Crippen LogP contribution in [0.1, 0.15) is 24.8 Å². The maximum Gasteiger partial charge on any atom is 0.0682 e. The van der Waals surface area contributed by atoms with Crippen molar-refractivity contribution < 1.29 is 9.84 Å². The molecule has 2 aliphatic heterocycles. The molecular weight excluding hydrogens is 276 g/mol. The molecule has 0 bridgehead atoms. The van der Waals surface area contributed by atoms with Gasteiger partial charge in [0.25, 0.3) is 0 Å². The third-order valence-electron chi connectivity index (χ3n) is 4.89. The average Bonchev–Trinajstić information content (AvgIpc) is 2.89. The van der Waals surface area contributed by atoms with E-state index in [0.717, 1.165) is 51.7 Å². The van der Waals surface area contributed by atoms with Gasteiger partial charge in [0, 0.05) is 38.9 Å². The standard InChI is InChI=1S/C18H28N2O2/c21-18-10-17(12-19-11-15-6-8-22-9-7-15)20(14-18)13-16-4-2-1-3-5-16/h1-5,15,17-19,21H,6-14H2. The van der Waals surface area contributed by atoms with E-state index in [1.807, 2.05) is 0 Å². The monoisotopic (exact) mass is 304 g/mol.